The summed E-state index contributed by atoms with van der Waals surface area (Å²) in [5.74, 6) is 1.22. The van der Waals surface area contributed by atoms with E-state index in [0.717, 1.165) is 37.4 Å². The first kappa shape index (κ1) is 19.3. The number of amides is 1. The van der Waals surface area contributed by atoms with Gasteiger partial charge in [-0.2, -0.15) is 0 Å². The number of nitrogens with zero attached hydrogens (tertiary/aromatic N) is 2. The number of carbonyl (C=O) groups is 1. The molecule has 5 rings (SSSR count). The number of aryl methyl sites for hydroxylation is 1. The van der Waals surface area contributed by atoms with Crippen LogP contribution in [0.3, 0.4) is 0 Å². The normalized spacial score (nSPS) is 15.5. The first-order valence-corrected chi connectivity index (χ1v) is 11.6. The van der Waals surface area contributed by atoms with E-state index in [9.17, 15) is 4.79 Å². The fourth-order valence-electron chi connectivity index (χ4n) is 4.34. The molecule has 2 aliphatic rings. The van der Waals surface area contributed by atoms with Crippen molar-refractivity contribution >= 4 is 23.4 Å². The minimum atomic E-state index is 0.137. The lowest BCUT2D eigenvalue weighted by Gasteiger charge is -2.32. The van der Waals surface area contributed by atoms with Crippen LogP contribution in [0.25, 0.3) is 0 Å². The summed E-state index contributed by atoms with van der Waals surface area (Å²) in [6.07, 6.45) is 0.933. The zero-order valence-electron chi connectivity index (χ0n) is 17.3. The van der Waals surface area contributed by atoms with E-state index >= 15 is 0 Å². The molecular weight excluding hydrogens is 388 g/mol. The third-order valence-electron chi connectivity index (χ3n) is 6.08. The molecule has 152 valence electrons. The van der Waals surface area contributed by atoms with E-state index in [1.807, 2.05) is 22.7 Å². The van der Waals surface area contributed by atoms with Crippen LogP contribution in [0.15, 0.2) is 71.6 Å². The highest BCUT2D eigenvalue weighted by Crippen LogP contribution is 2.36. The topological polar surface area (TPSA) is 23.6 Å². The van der Waals surface area contributed by atoms with E-state index in [-0.39, 0.29) is 5.91 Å². The molecule has 2 heterocycles. The van der Waals surface area contributed by atoms with Crippen LogP contribution >= 0.6 is 11.8 Å². The van der Waals surface area contributed by atoms with Crippen LogP contribution in [0, 0.1) is 6.92 Å². The highest BCUT2D eigenvalue weighted by Gasteiger charge is 2.24. The van der Waals surface area contributed by atoms with Gasteiger partial charge in [-0.05, 0) is 48.2 Å². The van der Waals surface area contributed by atoms with Crippen LogP contribution in [0.2, 0.25) is 0 Å². The molecule has 0 aromatic heterocycles. The molecule has 2 aliphatic heterocycles. The van der Waals surface area contributed by atoms with Crippen LogP contribution in [0.5, 0.6) is 0 Å². The third kappa shape index (κ3) is 3.84. The molecule has 0 N–H and O–H groups in total. The van der Waals surface area contributed by atoms with Crippen LogP contribution in [0.4, 0.5) is 5.69 Å². The maximum Gasteiger partial charge on any atom is 0.254 e. The number of rotatable bonds is 3. The molecule has 0 aliphatic carbocycles. The van der Waals surface area contributed by atoms with E-state index < -0.39 is 0 Å². The molecule has 0 bridgehead atoms. The first-order chi connectivity index (χ1) is 14.7. The zero-order chi connectivity index (χ0) is 20.5. The summed E-state index contributed by atoms with van der Waals surface area (Å²) >= 11 is 1.89. The van der Waals surface area contributed by atoms with Gasteiger partial charge in [0, 0.05) is 42.4 Å². The van der Waals surface area contributed by atoms with E-state index in [1.54, 1.807) is 0 Å². The molecule has 3 aromatic rings. The summed E-state index contributed by atoms with van der Waals surface area (Å²) in [6.45, 7) is 5.49. The number of benzene rings is 3. The summed E-state index contributed by atoms with van der Waals surface area (Å²) < 4.78 is 0. The van der Waals surface area contributed by atoms with Gasteiger partial charge in [0.15, 0.2) is 0 Å². The average Bonchev–Trinajstić information content (AvgIpc) is 2.79. The predicted molar refractivity (Wildman–Crippen MR) is 124 cm³/mol. The van der Waals surface area contributed by atoms with E-state index in [1.165, 1.54) is 32.8 Å². The van der Waals surface area contributed by atoms with Crippen LogP contribution in [-0.4, -0.2) is 29.6 Å². The maximum absolute atomic E-state index is 13.3. The molecule has 0 radical (unpaired) electrons. The smallest absolute Gasteiger partial charge is 0.254 e. The van der Waals surface area contributed by atoms with Gasteiger partial charge in [0.2, 0.25) is 0 Å². The van der Waals surface area contributed by atoms with Crippen LogP contribution in [0.1, 0.15) is 32.6 Å². The SMILES string of the molecule is Cc1ccc(CN2CCSc3ccc(C(=O)N4CCc5ccccc5C4)cc32)cc1. The predicted octanol–water partition coefficient (Wildman–Crippen LogP) is 5.31. The fraction of sp³-hybridized carbons (Fsp3) is 0.269. The Labute approximate surface area is 182 Å². The number of anilines is 1. The molecular formula is C26H26N2OS. The van der Waals surface area contributed by atoms with Crippen molar-refractivity contribution in [3.63, 3.8) is 0 Å². The lowest BCUT2D eigenvalue weighted by atomic mass is 9.99. The zero-order valence-corrected chi connectivity index (χ0v) is 18.1. The second kappa shape index (κ2) is 8.19. The average molecular weight is 415 g/mol. The Morgan fingerprint density at radius 3 is 2.60 bits per heavy atom. The van der Waals surface area contributed by atoms with Crippen molar-refractivity contribution < 1.29 is 4.79 Å². The molecule has 0 fully saturated rings. The molecule has 0 atom stereocenters. The molecule has 1 amide bonds. The molecule has 30 heavy (non-hydrogen) atoms. The Kier molecular flexibility index (Phi) is 5.26. The summed E-state index contributed by atoms with van der Waals surface area (Å²) in [6, 6.07) is 23.5. The number of hydrogen-bond donors (Lipinski definition) is 0. The van der Waals surface area contributed by atoms with Gasteiger partial charge in [0.1, 0.15) is 0 Å². The molecule has 0 saturated heterocycles. The highest BCUT2D eigenvalue weighted by molar-refractivity contribution is 7.99. The standard InChI is InChI=1S/C26H26N2OS/c1-19-6-8-20(9-7-19)17-27-14-15-30-25-11-10-22(16-24(25)27)26(29)28-13-12-21-4-2-3-5-23(21)18-28/h2-11,16H,12-15,17-18H2,1H3. The van der Waals surface area contributed by atoms with Gasteiger partial charge in [-0.3, -0.25) is 4.79 Å². The van der Waals surface area contributed by atoms with Crippen LogP contribution < -0.4 is 4.90 Å². The second-order valence-electron chi connectivity index (χ2n) is 8.18. The fourth-order valence-corrected chi connectivity index (χ4v) is 5.37. The molecule has 0 unspecified atom stereocenters. The second-order valence-corrected chi connectivity index (χ2v) is 9.32. The van der Waals surface area contributed by atoms with Crippen molar-refractivity contribution in [3.05, 3.63) is 94.5 Å². The van der Waals surface area contributed by atoms with Gasteiger partial charge >= 0.3 is 0 Å². The van der Waals surface area contributed by atoms with Crippen molar-refractivity contribution in [1.82, 2.24) is 4.90 Å². The molecule has 0 spiro atoms. The Balaban J connectivity index is 1.38. The first-order valence-electron chi connectivity index (χ1n) is 10.6. The number of carbonyl (C=O) groups excluding carboxylic acids is 1. The van der Waals surface area contributed by atoms with Gasteiger partial charge in [-0.1, -0.05) is 54.1 Å². The van der Waals surface area contributed by atoms with Crippen molar-refractivity contribution in [2.24, 2.45) is 0 Å². The van der Waals surface area contributed by atoms with E-state index in [2.05, 4.69) is 72.5 Å². The Morgan fingerprint density at radius 2 is 1.77 bits per heavy atom. The van der Waals surface area contributed by atoms with Gasteiger partial charge in [-0.15, -0.1) is 11.8 Å². The lowest BCUT2D eigenvalue weighted by molar-refractivity contribution is 0.0734. The minimum absolute atomic E-state index is 0.137. The van der Waals surface area contributed by atoms with Crippen molar-refractivity contribution in [1.29, 1.82) is 0 Å². The van der Waals surface area contributed by atoms with Gasteiger partial charge in [0.25, 0.3) is 5.91 Å². The van der Waals surface area contributed by atoms with E-state index in [0.29, 0.717) is 6.54 Å². The number of thioether (sulfide) groups is 1. The Morgan fingerprint density at radius 1 is 0.967 bits per heavy atom. The van der Waals surface area contributed by atoms with Gasteiger partial charge in [0.05, 0.1) is 5.69 Å². The largest absolute Gasteiger partial charge is 0.365 e. The molecule has 0 saturated carbocycles. The van der Waals surface area contributed by atoms with Gasteiger partial charge in [-0.25, -0.2) is 0 Å². The molecule has 3 aromatic carbocycles. The minimum Gasteiger partial charge on any atom is -0.365 e. The Hall–Kier alpha value is -2.72. The number of fused-ring (bicyclic) bond motifs is 2. The summed E-state index contributed by atoms with van der Waals surface area (Å²) in [7, 11) is 0. The number of hydrogen-bond acceptors (Lipinski definition) is 3. The van der Waals surface area contributed by atoms with Gasteiger partial charge < -0.3 is 9.80 Å². The lowest BCUT2D eigenvalue weighted by Crippen LogP contribution is -2.36. The van der Waals surface area contributed by atoms with E-state index in [4.69, 9.17) is 0 Å². The summed E-state index contributed by atoms with van der Waals surface area (Å²) in [5.41, 5.74) is 7.21. The van der Waals surface area contributed by atoms with Crippen molar-refractivity contribution in [3.8, 4) is 0 Å². The van der Waals surface area contributed by atoms with Crippen molar-refractivity contribution in [2.45, 2.75) is 31.3 Å². The molecule has 3 nitrogen and oxygen atoms in total. The van der Waals surface area contributed by atoms with Crippen LogP contribution in [-0.2, 0) is 19.5 Å². The molecule has 4 heteroatoms. The monoisotopic (exact) mass is 414 g/mol. The quantitative estimate of drug-likeness (QED) is 0.581. The summed E-state index contributed by atoms with van der Waals surface area (Å²) in [5, 5.41) is 0. The highest BCUT2D eigenvalue weighted by atomic mass is 32.2. The van der Waals surface area contributed by atoms with Crippen molar-refractivity contribution in [2.75, 3.05) is 23.7 Å². The Bertz CT molecular complexity index is 1080. The third-order valence-corrected chi connectivity index (χ3v) is 7.12. The summed E-state index contributed by atoms with van der Waals surface area (Å²) in [4.78, 5) is 19.0. The maximum atomic E-state index is 13.3.